The number of nitrogens with one attached hydrogen (secondary N) is 2. The minimum Gasteiger partial charge on any atom is -0.369 e. The molecule has 2 heterocycles. The Morgan fingerprint density at radius 1 is 1.27 bits per heavy atom. The number of carbonyl (C=O) groups excluding carboxylic acids is 1. The zero-order chi connectivity index (χ0) is 24.0. The van der Waals surface area contributed by atoms with E-state index >= 15 is 0 Å². The zero-order valence-electron chi connectivity index (χ0n) is 18.8. The van der Waals surface area contributed by atoms with Gasteiger partial charge >= 0.3 is 0 Å². The molecule has 0 aromatic heterocycles. The quantitative estimate of drug-likeness (QED) is 0.630. The van der Waals surface area contributed by atoms with Crippen LogP contribution in [0.4, 0.5) is 14.5 Å². The van der Waals surface area contributed by atoms with Crippen LogP contribution >= 0.6 is 0 Å². The predicted octanol–water partition coefficient (Wildman–Crippen LogP) is 1.23. The molecule has 2 saturated heterocycles. The molecule has 0 bridgehead atoms. The third kappa shape index (κ3) is 4.83. The molecule has 8 nitrogen and oxygen atoms in total. The summed E-state index contributed by atoms with van der Waals surface area (Å²) < 4.78 is 55.9. The van der Waals surface area contributed by atoms with Crippen molar-refractivity contribution < 1.29 is 22.0 Å². The maximum absolute atomic E-state index is 14.6. The molecule has 3 fully saturated rings. The van der Waals surface area contributed by atoms with Crippen LogP contribution in [0.3, 0.4) is 0 Å². The summed E-state index contributed by atoms with van der Waals surface area (Å²) in [5.41, 5.74) is -0.799. The Bertz CT molecular complexity index is 1070. The Labute approximate surface area is 192 Å². The van der Waals surface area contributed by atoms with Crippen LogP contribution < -0.4 is 15.5 Å². The number of nitrogens with zero attached hydrogens (tertiary/aromatic N) is 3. The standard InChI is InChI=1S/C22H29F2N5O3S/c1-21(23,24)17-11-15(29-9-7-28(2)8-10-29)3-4-19(17)33(31,32)16-12-18(26-13-16)20(30)27-22(14-25)5-6-22/h3-4,11,16,18,26H,5-10,12-13H2,1-2H3,(H,27,30). The number of halogens is 2. The first-order valence-corrected chi connectivity index (χ1v) is 12.7. The second-order valence-electron chi connectivity index (χ2n) is 9.41. The van der Waals surface area contributed by atoms with Gasteiger partial charge in [-0.1, -0.05) is 0 Å². The molecule has 2 aliphatic heterocycles. The average molecular weight is 482 g/mol. The van der Waals surface area contributed by atoms with E-state index in [4.69, 9.17) is 5.26 Å². The minimum atomic E-state index is -4.12. The summed E-state index contributed by atoms with van der Waals surface area (Å²) in [5, 5.41) is 13.7. The second kappa shape index (κ2) is 8.49. The van der Waals surface area contributed by atoms with Gasteiger partial charge in [-0.15, -0.1) is 0 Å². The monoisotopic (exact) mass is 481 g/mol. The molecule has 3 aliphatic rings. The smallest absolute Gasteiger partial charge is 0.271 e. The fourth-order valence-electron chi connectivity index (χ4n) is 4.40. The molecule has 11 heteroatoms. The Balaban J connectivity index is 1.55. The summed E-state index contributed by atoms with van der Waals surface area (Å²) >= 11 is 0. The first-order valence-electron chi connectivity index (χ1n) is 11.1. The number of amides is 1. The van der Waals surface area contributed by atoms with E-state index in [1.807, 2.05) is 11.9 Å². The lowest BCUT2D eigenvalue weighted by Gasteiger charge is -2.34. The molecule has 2 unspecified atom stereocenters. The molecule has 0 spiro atoms. The van der Waals surface area contributed by atoms with Crippen molar-refractivity contribution in [3.8, 4) is 6.07 Å². The van der Waals surface area contributed by atoms with E-state index in [2.05, 4.69) is 21.6 Å². The van der Waals surface area contributed by atoms with E-state index in [1.54, 1.807) is 6.07 Å². The van der Waals surface area contributed by atoms with E-state index in [9.17, 15) is 22.0 Å². The number of alkyl halides is 2. The van der Waals surface area contributed by atoms with Crippen molar-refractivity contribution in [2.75, 3.05) is 44.7 Å². The van der Waals surface area contributed by atoms with Crippen LogP contribution in [0.2, 0.25) is 0 Å². The highest BCUT2D eigenvalue weighted by Gasteiger charge is 2.47. The summed E-state index contributed by atoms with van der Waals surface area (Å²) in [5.74, 6) is -3.78. The Hall–Kier alpha value is -2.29. The summed E-state index contributed by atoms with van der Waals surface area (Å²) in [6, 6.07) is 5.43. The molecule has 180 valence electrons. The van der Waals surface area contributed by atoms with Gasteiger partial charge < -0.3 is 20.4 Å². The van der Waals surface area contributed by atoms with Crippen LogP contribution in [0, 0.1) is 11.3 Å². The number of sulfone groups is 1. The highest BCUT2D eigenvalue weighted by atomic mass is 32.2. The Kier molecular flexibility index (Phi) is 6.14. The molecule has 1 aromatic rings. The normalized spacial score (nSPS) is 25.5. The van der Waals surface area contributed by atoms with Gasteiger partial charge in [-0.3, -0.25) is 4.79 Å². The Morgan fingerprint density at radius 2 is 1.94 bits per heavy atom. The number of hydrogen-bond donors (Lipinski definition) is 2. The number of hydrogen-bond acceptors (Lipinski definition) is 7. The average Bonchev–Trinajstić information content (AvgIpc) is 3.34. The lowest BCUT2D eigenvalue weighted by Crippen LogP contribution is -2.45. The first kappa shape index (κ1) is 23.9. The molecular formula is C22H29F2N5O3S. The van der Waals surface area contributed by atoms with Gasteiger partial charge in [-0.25, -0.2) is 17.2 Å². The van der Waals surface area contributed by atoms with Crippen LogP contribution in [0.5, 0.6) is 0 Å². The minimum absolute atomic E-state index is 0.0189. The molecule has 2 N–H and O–H groups in total. The molecule has 1 amide bonds. The summed E-state index contributed by atoms with van der Waals surface area (Å²) in [4.78, 5) is 16.2. The van der Waals surface area contributed by atoms with Gasteiger partial charge in [0.2, 0.25) is 5.91 Å². The third-order valence-corrected chi connectivity index (χ3v) is 8.99. The summed E-state index contributed by atoms with van der Waals surface area (Å²) in [6.07, 6.45) is 1.10. The highest BCUT2D eigenvalue weighted by molar-refractivity contribution is 7.92. The zero-order valence-corrected chi connectivity index (χ0v) is 19.6. The molecule has 33 heavy (non-hydrogen) atoms. The van der Waals surface area contributed by atoms with Gasteiger partial charge in [0.05, 0.1) is 22.3 Å². The molecule has 1 aliphatic carbocycles. The van der Waals surface area contributed by atoms with Gasteiger partial charge in [0, 0.05) is 50.9 Å². The van der Waals surface area contributed by atoms with Crippen LogP contribution in [-0.2, 0) is 20.6 Å². The number of carbonyl (C=O) groups is 1. The van der Waals surface area contributed by atoms with Crippen molar-refractivity contribution in [2.45, 2.75) is 53.8 Å². The van der Waals surface area contributed by atoms with Gasteiger partial charge in [-0.05, 0) is 44.5 Å². The maximum Gasteiger partial charge on any atom is 0.271 e. The Morgan fingerprint density at radius 3 is 2.52 bits per heavy atom. The van der Waals surface area contributed by atoms with Crippen molar-refractivity contribution in [3.05, 3.63) is 23.8 Å². The van der Waals surface area contributed by atoms with E-state index in [0.717, 1.165) is 13.1 Å². The summed E-state index contributed by atoms with van der Waals surface area (Å²) in [6.45, 7) is 3.62. The SMILES string of the molecule is CN1CCN(c2ccc(S(=O)(=O)C3CNC(C(=O)NC4(C#N)CC4)C3)c(C(C)(F)F)c2)CC1. The van der Waals surface area contributed by atoms with Crippen LogP contribution in [-0.4, -0.2) is 75.8 Å². The van der Waals surface area contributed by atoms with Crippen molar-refractivity contribution in [3.63, 3.8) is 0 Å². The van der Waals surface area contributed by atoms with Gasteiger partial charge in [0.25, 0.3) is 5.92 Å². The van der Waals surface area contributed by atoms with E-state index in [1.165, 1.54) is 12.1 Å². The number of piperazine rings is 1. The molecule has 0 radical (unpaired) electrons. The second-order valence-corrected chi connectivity index (χ2v) is 11.6. The number of rotatable bonds is 6. The molecule has 4 rings (SSSR count). The third-order valence-electron chi connectivity index (χ3n) is 6.78. The lowest BCUT2D eigenvalue weighted by molar-refractivity contribution is -0.123. The van der Waals surface area contributed by atoms with E-state index < -0.39 is 49.0 Å². The van der Waals surface area contributed by atoms with Crippen LogP contribution in [0.25, 0.3) is 0 Å². The van der Waals surface area contributed by atoms with Crippen molar-refractivity contribution in [1.82, 2.24) is 15.5 Å². The van der Waals surface area contributed by atoms with Crippen LogP contribution in [0.15, 0.2) is 23.1 Å². The van der Waals surface area contributed by atoms with Crippen molar-refractivity contribution in [2.24, 2.45) is 0 Å². The topological polar surface area (TPSA) is 106 Å². The summed E-state index contributed by atoms with van der Waals surface area (Å²) in [7, 11) is -2.13. The lowest BCUT2D eigenvalue weighted by atomic mass is 10.1. The predicted molar refractivity (Wildman–Crippen MR) is 119 cm³/mol. The fourth-order valence-corrected chi connectivity index (χ4v) is 6.33. The highest BCUT2D eigenvalue weighted by Crippen LogP contribution is 2.38. The van der Waals surface area contributed by atoms with Gasteiger partial charge in [-0.2, -0.15) is 5.26 Å². The number of nitriles is 1. The molecular weight excluding hydrogens is 452 g/mol. The number of likely N-dealkylation sites (N-methyl/N-ethyl adjacent to an activating group) is 1. The van der Waals surface area contributed by atoms with Crippen molar-refractivity contribution >= 4 is 21.4 Å². The van der Waals surface area contributed by atoms with E-state index in [0.29, 0.717) is 38.5 Å². The van der Waals surface area contributed by atoms with E-state index in [-0.39, 0.29) is 13.0 Å². The van der Waals surface area contributed by atoms with Gasteiger partial charge in [0.15, 0.2) is 9.84 Å². The molecule has 2 atom stereocenters. The largest absolute Gasteiger partial charge is 0.369 e. The molecule has 1 aromatic carbocycles. The maximum atomic E-state index is 14.6. The number of benzene rings is 1. The number of anilines is 1. The molecule has 1 saturated carbocycles. The van der Waals surface area contributed by atoms with Crippen molar-refractivity contribution in [1.29, 1.82) is 5.26 Å². The first-order chi connectivity index (χ1) is 15.4. The fraction of sp³-hybridized carbons (Fsp3) is 0.636. The van der Waals surface area contributed by atoms with Gasteiger partial charge in [0.1, 0.15) is 5.54 Å². The van der Waals surface area contributed by atoms with Crippen LogP contribution in [0.1, 0.15) is 31.7 Å².